The first-order chi connectivity index (χ1) is 9.99. The van der Waals surface area contributed by atoms with Crippen LogP contribution in [0.5, 0.6) is 0 Å². The van der Waals surface area contributed by atoms with Gasteiger partial charge >= 0.3 is 0 Å². The molecule has 0 N–H and O–H groups in total. The highest BCUT2D eigenvalue weighted by Gasteiger charge is 2.33. The van der Waals surface area contributed by atoms with Crippen molar-refractivity contribution in [3.05, 3.63) is 65.7 Å². The quantitative estimate of drug-likeness (QED) is 0.863. The molecule has 2 nitrogen and oxygen atoms in total. The standard InChI is InChI=1S/C18H20O2S/c1-18(13-15-7-5-6-8-16(15)14-18)11-12-21(19,20)17-9-3-2-4-10-17/h2-10H,11-14H2,1H3. The van der Waals surface area contributed by atoms with Gasteiger partial charge in [-0.1, -0.05) is 49.4 Å². The van der Waals surface area contributed by atoms with E-state index in [2.05, 4.69) is 31.2 Å². The highest BCUT2D eigenvalue weighted by Crippen LogP contribution is 2.39. The van der Waals surface area contributed by atoms with Crippen molar-refractivity contribution in [3.63, 3.8) is 0 Å². The molecule has 2 aromatic rings. The number of sulfone groups is 1. The van der Waals surface area contributed by atoms with Crippen LogP contribution in [0.4, 0.5) is 0 Å². The van der Waals surface area contributed by atoms with Crippen LogP contribution in [0.2, 0.25) is 0 Å². The Morgan fingerprint density at radius 1 is 0.905 bits per heavy atom. The third-order valence-corrected chi connectivity index (χ3v) is 6.16. The first-order valence-electron chi connectivity index (χ1n) is 7.33. The zero-order chi connectivity index (χ0) is 14.9. The summed E-state index contributed by atoms with van der Waals surface area (Å²) in [5.41, 5.74) is 2.81. The van der Waals surface area contributed by atoms with E-state index in [9.17, 15) is 8.42 Å². The lowest BCUT2D eigenvalue weighted by Crippen LogP contribution is -2.21. The van der Waals surface area contributed by atoms with Crippen molar-refractivity contribution < 1.29 is 8.42 Å². The predicted octanol–water partition coefficient (Wildman–Crippen LogP) is 3.66. The van der Waals surface area contributed by atoms with Gasteiger partial charge in [0.15, 0.2) is 9.84 Å². The second-order valence-electron chi connectivity index (χ2n) is 6.31. The maximum absolute atomic E-state index is 12.4. The van der Waals surface area contributed by atoms with Crippen molar-refractivity contribution in [3.8, 4) is 0 Å². The van der Waals surface area contributed by atoms with Crippen molar-refractivity contribution in [2.45, 2.75) is 31.1 Å². The van der Waals surface area contributed by atoms with Crippen LogP contribution >= 0.6 is 0 Å². The number of hydrogen-bond donors (Lipinski definition) is 0. The van der Waals surface area contributed by atoms with E-state index in [1.165, 1.54) is 11.1 Å². The molecule has 0 aromatic heterocycles. The molecule has 0 saturated heterocycles. The first-order valence-corrected chi connectivity index (χ1v) is 8.98. The summed E-state index contributed by atoms with van der Waals surface area (Å²) in [6, 6.07) is 17.2. The van der Waals surface area contributed by atoms with Crippen LogP contribution in [0.15, 0.2) is 59.5 Å². The normalized spacial score (nSPS) is 16.6. The summed E-state index contributed by atoms with van der Waals surface area (Å²) >= 11 is 0. The lowest BCUT2D eigenvalue weighted by Gasteiger charge is -2.23. The Labute approximate surface area is 126 Å². The third-order valence-electron chi connectivity index (χ3n) is 4.43. The van der Waals surface area contributed by atoms with E-state index in [-0.39, 0.29) is 11.2 Å². The molecule has 0 unspecified atom stereocenters. The molecule has 0 radical (unpaired) electrons. The molecular formula is C18H20O2S. The van der Waals surface area contributed by atoms with E-state index < -0.39 is 9.84 Å². The molecular weight excluding hydrogens is 280 g/mol. The fourth-order valence-corrected chi connectivity index (χ4v) is 4.76. The second kappa shape index (κ2) is 5.30. The Morgan fingerprint density at radius 2 is 1.43 bits per heavy atom. The zero-order valence-electron chi connectivity index (χ0n) is 12.2. The summed E-state index contributed by atoms with van der Waals surface area (Å²) in [6.07, 6.45) is 2.67. The SMILES string of the molecule is CC1(CCS(=O)(=O)c2ccccc2)Cc2ccccc2C1. The Balaban J connectivity index is 1.72. The molecule has 3 rings (SSSR count). The van der Waals surface area contributed by atoms with Crippen LogP contribution in [-0.4, -0.2) is 14.2 Å². The van der Waals surface area contributed by atoms with Crippen molar-refractivity contribution in [2.75, 3.05) is 5.75 Å². The molecule has 1 aliphatic rings. The molecule has 0 saturated carbocycles. The van der Waals surface area contributed by atoms with Crippen LogP contribution in [0.1, 0.15) is 24.5 Å². The summed E-state index contributed by atoms with van der Waals surface area (Å²) in [7, 11) is -3.17. The number of fused-ring (bicyclic) bond motifs is 1. The smallest absolute Gasteiger partial charge is 0.178 e. The van der Waals surface area contributed by atoms with E-state index in [4.69, 9.17) is 0 Å². The molecule has 21 heavy (non-hydrogen) atoms. The van der Waals surface area contributed by atoms with Gasteiger partial charge in [-0.05, 0) is 47.9 Å². The second-order valence-corrected chi connectivity index (χ2v) is 8.42. The van der Waals surface area contributed by atoms with Crippen molar-refractivity contribution >= 4 is 9.84 Å². The van der Waals surface area contributed by atoms with Gasteiger partial charge in [0.1, 0.15) is 0 Å². The van der Waals surface area contributed by atoms with Crippen LogP contribution in [0.25, 0.3) is 0 Å². The minimum absolute atomic E-state index is 0.0610. The minimum Gasteiger partial charge on any atom is -0.224 e. The van der Waals surface area contributed by atoms with E-state index in [1.807, 2.05) is 6.07 Å². The van der Waals surface area contributed by atoms with E-state index in [1.54, 1.807) is 24.3 Å². The van der Waals surface area contributed by atoms with Gasteiger partial charge in [-0.15, -0.1) is 0 Å². The summed E-state index contributed by atoms with van der Waals surface area (Å²) < 4.78 is 24.8. The van der Waals surface area contributed by atoms with Crippen LogP contribution in [0.3, 0.4) is 0 Å². The topological polar surface area (TPSA) is 34.1 Å². The Hall–Kier alpha value is -1.61. The highest BCUT2D eigenvalue weighted by molar-refractivity contribution is 7.91. The van der Waals surface area contributed by atoms with E-state index >= 15 is 0 Å². The van der Waals surface area contributed by atoms with E-state index in [0.29, 0.717) is 11.3 Å². The van der Waals surface area contributed by atoms with Gasteiger partial charge in [-0.3, -0.25) is 0 Å². The van der Waals surface area contributed by atoms with Gasteiger partial charge in [0.05, 0.1) is 10.6 Å². The van der Waals surface area contributed by atoms with Gasteiger partial charge in [-0.25, -0.2) is 8.42 Å². The van der Waals surface area contributed by atoms with Gasteiger partial charge in [0, 0.05) is 0 Å². The Morgan fingerprint density at radius 3 is 2.00 bits per heavy atom. The summed E-state index contributed by atoms with van der Waals surface area (Å²) in [5.74, 6) is 0.224. The molecule has 0 aliphatic heterocycles. The van der Waals surface area contributed by atoms with Gasteiger partial charge in [0.25, 0.3) is 0 Å². The lowest BCUT2D eigenvalue weighted by molar-refractivity contribution is 0.333. The fraction of sp³-hybridized carbons (Fsp3) is 0.333. The first kappa shape index (κ1) is 14.3. The average Bonchev–Trinajstić information content (AvgIpc) is 2.83. The van der Waals surface area contributed by atoms with E-state index in [0.717, 1.165) is 12.8 Å². The molecule has 0 fully saturated rings. The van der Waals surface area contributed by atoms with Crippen molar-refractivity contribution in [1.82, 2.24) is 0 Å². The number of benzene rings is 2. The molecule has 110 valence electrons. The average molecular weight is 300 g/mol. The fourth-order valence-electron chi connectivity index (χ4n) is 3.19. The lowest BCUT2D eigenvalue weighted by atomic mass is 9.84. The van der Waals surface area contributed by atoms with Gasteiger partial charge in [-0.2, -0.15) is 0 Å². The van der Waals surface area contributed by atoms with Gasteiger partial charge < -0.3 is 0 Å². The maximum atomic E-state index is 12.4. The van der Waals surface area contributed by atoms with Crippen LogP contribution in [0, 0.1) is 5.41 Å². The van der Waals surface area contributed by atoms with Crippen LogP contribution < -0.4 is 0 Å². The monoisotopic (exact) mass is 300 g/mol. The number of rotatable bonds is 4. The molecule has 0 heterocycles. The minimum atomic E-state index is -3.17. The third kappa shape index (κ3) is 3.03. The molecule has 0 amide bonds. The Kier molecular flexibility index (Phi) is 3.62. The molecule has 0 atom stereocenters. The zero-order valence-corrected chi connectivity index (χ0v) is 13.1. The van der Waals surface area contributed by atoms with Gasteiger partial charge in [0.2, 0.25) is 0 Å². The summed E-state index contributed by atoms with van der Waals surface area (Å²) in [5, 5.41) is 0. The molecule has 0 bridgehead atoms. The molecule has 3 heteroatoms. The Bertz CT molecular complexity index is 708. The van der Waals surface area contributed by atoms with Crippen LogP contribution in [-0.2, 0) is 22.7 Å². The maximum Gasteiger partial charge on any atom is 0.178 e. The summed E-state index contributed by atoms with van der Waals surface area (Å²) in [6.45, 7) is 2.20. The molecule has 0 spiro atoms. The number of hydrogen-bond acceptors (Lipinski definition) is 2. The molecule has 1 aliphatic carbocycles. The largest absolute Gasteiger partial charge is 0.224 e. The van der Waals surface area contributed by atoms with Crippen molar-refractivity contribution in [2.24, 2.45) is 5.41 Å². The molecule has 2 aromatic carbocycles. The predicted molar refractivity (Wildman–Crippen MR) is 85.1 cm³/mol. The van der Waals surface area contributed by atoms with Crippen molar-refractivity contribution in [1.29, 1.82) is 0 Å². The highest BCUT2D eigenvalue weighted by atomic mass is 32.2. The summed E-state index contributed by atoms with van der Waals surface area (Å²) in [4.78, 5) is 0.434.